The Hall–Kier alpha value is -1.62. The van der Waals surface area contributed by atoms with Crippen LogP contribution in [0.25, 0.3) is 0 Å². The maximum Gasteiger partial charge on any atom is 0.416 e. The zero-order valence-corrected chi connectivity index (χ0v) is 16.7. The number of anilines is 1. The molecule has 1 aromatic carbocycles. The van der Waals surface area contributed by atoms with E-state index >= 15 is 0 Å². The first-order chi connectivity index (χ1) is 13.0. The van der Waals surface area contributed by atoms with Crippen molar-refractivity contribution in [2.75, 3.05) is 4.72 Å². The summed E-state index contributed by atoms with van der Waals surface area (Å²) < 4.78 is 92.3. The Labute approximate surface area is 166 Å². The van der Waals surface area contributed by atoms with Gasteiger partial charge in [0.15, 0.2) is 0 Å². The highest BCUT2D eigenvalue weighted by Gasteiger charge is 2.79. The first-order valence-electron chi connectivity index (χ1n) is 8.77. The molecule has 4 rings (SSSR count). The molecule has 1 amide bonds. The third-order valence-electron chi connectivity index (χ3n) is 5.36. The van der Waals surface area contributed by atoms with Gasteiger partial charge < -0.3 is 9.87 Å². The molecule has 2 N–H and O–H groups in total. The lowest BCUT2D eigenvalue weighted by molar-refractivity contribution is -0.336. The molecule has 1 atom stereocenters. The maximum atomic E-state index is 13.1. The first-order valence-corrected chi connectivity index (χ1v) is 9.92. The van der Waals surface area contributed by atoms with Gasteiger partial charge in [-0.1, -0.05) is 0 Å². The van der Waals surface area contributed by atoms with Crippen LogP contribution >= 0.6 is 0 Å². The number of carbonyl (C=O) groups excluding carboxylic acids is 1. The van der Waals surface area contributed by atoms with Crippen molar-refractivity contribution in [1.29, 1.82) is 0 Å². The molecule has 0 spiro atoms. The Morgan fingerprint density at radius 1 is 1.07 bits per heavy atom. The minimum absolute atomic E-state index is 0.0825. The summed E-state index contributed by atoms with van der Waals surface area (Å²) in [6.45, 7) is 4.91. The van der Waals surface area contributed by atoms with E-state index in [0.717, 1.165) is 12.1 Å². The van der Waals surface area contributed by atoms with Crippen LogP contribution in [-0.2, 0) is 17.5 Å². The van der Waals surface area contributed by atoms with Crippen LogP contribution in [0.15, 0.2) is 18.2 Å². The van der Waals surface area contributed by atoms with Crippen molar-refractivity contribution in [2.45, 2.75) is 62.7 Å². The number of halogens is 6. The zero-order chi connectivity index (χ0) is 22.0. The van der Waals surface area contributed by atoms with Gasteiger partial charge in [-0.15, -0.1) is 0 Å². The van der Waals surface area contributed by atoms with Crippen LogP contribution < -0.4 is 10.0 Å². The number of nitrogens with one attached hydrogen (secondary N) is 2. The number of hydrogen-bond acceptors (Lipinski definition) is 3. The highest BCUT2D eigenvalue weighted by Crippen LogP contribution is 2.73. The molecule has 29 heavy (non-hydrogen) atoms. The number of rotatable bonds is 4. The third kappa shape index (κ3) is 3.90. The van der Waals surface area contributed by atoms with Crippen LogP contribution in [0.3, 0.4) is 0 Å². The Kier molecular flexibility index (Phi) is 4.90. The van der Waals surface area contributed by atoms with E-state index < -0.39 is 56.4 Å². The van der Waals surface area contributed by atoms with Crippen molar-refractivity contribution in [3.63, 3.8) is 0 Å². The van der Waals surface area contributed by atoms with Gasteiger partial charge >= 0.3 is 12.4 Å². The highest BCUT2D eigenvalue weighted by atomic mass is 32.2. The van der Waals surface area contributed by atoms with Crippen molar-refractivity contribution in [1.82, 2.24) is 5.32 Å². The van der Waals surface area contributed by atoms with E-state index in [1.807, 2.05) is 0 Å². The number of hydrogen-bond donors (Lipinski definition) is 2. The standard InChI is InChI=1S/C18H20F6N2O2S/c1-14(2,3)29(28)26-12-5-4-10(17(19,20)21)6-11(12)13(27)25-16-7-15(8-16,9-16)18(22,23)24/h4-6,26H,7-9H2,1-3H3,(H,25,27). The monoisotopic (exact) mass is 442 g/mol. The lowest BCUT2D eigenvalue weighted by atomic mass is 9.39. The zero-order valence-electron chi connectivity index (χ0n) is 15.8. The minimum atomic E-state index is -4.71. The lowest BCUT2D eigenvalue weighted by Gasteiger charge is -2.70. The number of carbonyl (C=O) groups is 1. The summed E-state index contributed by atoms with van der Waals surface area (Å²) in [6.07, 6.45) is -9.94. The highest BCUT2D eigenvalue weighted by molar-refractivity contribution is 7.94. The minimum Gasteiger partial charge on any atom is -0.593 e. The molecule has 0 aromatic heterocycles. The molecule has 2 bridgehead atoms. The third-order valence-corrected chi connectivity index (χ3v) is 6.88. The molecule has 11 heteroatoms. The largest absolute Gasteiger partial charge is 0.593 e. The van der Waals surface area contributed by atoms with Gasteiger partial charge in [-0.2, -0.15) is 26.3 Å². The summed E-state index contributed by atoms with van der Waals surface area (Å²) in [4.78, 5) is 12.7. The topological polar surface area (TPSA) is 64.2 Å². The molecule has 162 valence electrons. The second kappa shape index (κ2) is 6.44. The molecule has 3 aliphatic rings. The Morgan fingerprint density at radius 2 is 1.62 bits per heavy atom. The van der Waals surface area contributed by atoms with Gasteiger partial charge in [0.2, 0.25) is 0 Å². The molecule has 0 heterocycles. The van der Waals surface area contributed by atoms with Gasteiger partial charge in [-0.05, 0) is 58.2 Å². The van der Waals surface area contributed by atoms with Gasteiger partial charge in [0, 0.05) is 5.54 Å². The van der Waals surface area contributed by atoms with Gasteiger partial charge in [0.25, 0.3) is 5.91 Å². The molecular formula is C18H20F6N2O2S. The summed E-state index contributed by atoms with van der Waals surface area (Å²) in [5.41, 5.74) is -4.44. The van der Waals surface area contributed by atoms with E-state index in [2.05, 4.69) is 10.0 Å². The SMILES string of the molecule is CC(C)(C)[S+]([O-])Nc1ccc(C(F)(F)F)cc1C(=O)NC12CC(C(F)(F)F)(C1)C2. The smallest absolute Gasteiger partial charge is 0.416 e. The number of alkyl halides is 6. The molecule has 0 aliphatic heterocycles. The first kappa shape index (κ1) is 22.1. The van der Waals surface area contributed by atoms with Crippen LogP contribution in [0.1, 0.15) is 56.0 Å². The fraction of sp³-hybridized carbons (Fsp3) is 0.611. The van der Waals surface area contributed by atoms with Crippen LogP contribution in [0, 0.1) is 5.41 Å². The second-order valence-electron chi connectivity index (χ2n) is 8.78. The number of amides is 1. The fourth-order valence-corrected chi connectivity index (χ4v) is 4.46. The van der Waals surface area contributed by atoms with Crippen molar-refractivity contribution in [2.24, 2.45) is 5.41 Å². The fourth-order valence-electron chi connectivity index (χ4n) is 3.78. The summed E-state index contributed by atoms with van der Waals surface area (Å²) in [6, 6.07) is 2.36. The Bertz CT molecular complexity index is 811. The Morgan fingerprint density at radius 3 is 2.07 bits per heavy atom. The van der Waals surface area contributed by atoms with E-state index in [9.17, 15) is 35.7 Å². The number of benzene rings is 1. The molecule has 0 radical (unpaired) electrons. The van der Waals surface area contributed by atoms with Crippen LogP contribution in [-0.4, -0.2) is 26.9 Å². The predicted octanol–water partition coefficient (Wildman–Crippen LogP) is 4.79. The van der Waals surface area contributed by atoms with Gasteiger partial charge in [-0.25, -0.2) is 4.72 Å². The molecule has 1 unspecified atom stereocenters. The maximum absolute atomic E-state index is 13.1. The van der Waals surface area contributed by atoms with Crippen molar-refractivity contribution >= 4 is 23.0 Å². The molecule has 4 nitrogen and oxygen atoms in total. The van der Waals surface area contributed by atoms with Gasteiger partial charge in [-0.3, -0.25) is 4.79 Å². The van der Waals surface area contributed by atoms with E-state index in [1.54, 1.807) is 20.8 Å². The molecule has 3 saturated carbocycles. The average Bonchev–Trinajstić information content (AvgIpc) is 2.46. The van der Waals surface area contributed by atoms with E-state index in [1.165, 1.54) is 0 Å². The molecule has 0 saturated heterocycles. The summed E-state index contributed by atoms with van der Waals surface area (Å²) in [5, 5.41) is 2.46. The quantitative estimate of drug-likeness (QED) is 0.521. The van der Waals surface area contributed by atoms with Gasteiger partial charge in [0.1, 0.15) is 4.75 Å². The summed E-state index contributed by atoms with van der Waals surface area (Å²) in [5.74, 6) is -0.931. The molecule has 3 fully saturated rings. The van der Waals surface area contributed by atoms with E-state index in [-0.39, 0.29) is 24.9 Å². The average molecular weight is 442 g/mol. The lowest BCUT2D eigenvalue weighted by Crippen LogP contribution is -2.78. The van der Waals surface area contributed by atoms with Crippen molar-refractivity contribution < 1.29 is 35.7 Å². The summed E-state index contributed by atoms with van der Waals surface area (Å²) >= 11 is -1.72. The Balaban J connectivity index is 1.83. The predicted molar refractivity (Wildman–Crippen MR) is 95.5 cm³/mol. The molecular weight excluding hydrogens is 422 g/mol. The van der Waals surface area contributed by atoms with Crippen LogP contribution in [0.5, 0.6) is 0 Å². The molecule has 1 aromatic rings. The second-order valence-corrected chi connectivity index (χ2v) is 10.8. The summed E-state index contributed by atoms with van der Waals surface area (Å²) in [7, 11) is 0. The van der Waals surface area contributed by atoms with Crippen molar-refractivity contribution in [3.8, 4) is 0 Å². The van der Waals surface area contributed by atoms with Gasteiger partial charge in [0.05, 0.1) is 33.6 Å². The van der Waals surface area contributed by atoms with E-state index in [0.29, 0.717) is 6.07 Å². The molecule has 3 aliphatic carbocycles. The van der Waals surface area contributed by atoms with Crippen LogP contribution in [0.2, 0.25) is 0 Å². The van der Waals surface area contributed by atoms with Crippen LogP contribution in [0.4, 0.5) is 32.0 Å². The van der Waals surface area contributed by atoms with Crippen molar-refractivity contribution in [3.05, 3.63) is 29.3 Å². The normalized spacial score (nSPS) is 27.5. The van der Waals surface area contributed by atoms with E-state index in [4.69, 9.17) is 0 Å².